The number of hydrogen-bond donors (Lipinski definition) is 2. The van der Waals surface area contributed by atoms with Crippen molar-refractivity contribution >= 4 is 28.2 Å². The number of halogens is 3. The van der Waals surface area contributed by atoms with Gasteiger partial charge in [0.25, 0.3) is 11.8 Å². The van der Waals surface area contributed by atoms with Crippen LogP contribution in [-0.2, 0) is 19.0 Å². The molecule has 0 saturated carbocycles. The number of aryl methyl sites for hydroxylation is 1. The lowest BCUT2D eigenvalue weighted by Crippen LogP contribution is -2.20. The van der Waals surface area contributed by atoms with Gasteiger partial charge in [-0.05, 0) is 37.0 Å². The second-order valence-corrected chi connectivity index (χ2v) is 6.53. The summed E-state index contributed by atoms with van der Waals surface area (Å²) >= 11 is 1.20. The first kappa shape index (κ1) is 16.5. The van der Waals surface area contributed by atoms with Crippen molar-refractivity contribution in [2.24, 2.45) is 5.73 Å². The van der Waals surface area contributed by atoms with Crippen molar-refractivity contribution in [2.45, 2.75) is 25.4 Å². The fourth-order valence-corrected chi connectivity index (χ4v) is 4.14. The number of hydrogen-bond acceptors (Lipinski definition) is 3. The molecule has 1 heterocycles. The van der Waals surface area contributed by atoms with Crippen LogP contribution in [0.25, 0.3) is 0 Å². The lowest BCUT2D eigenvalue weighted by molar-refractivity contribution is -0.137. The number of alkyl halides is 3. The van der Waals surface area contributed by atoms with Crippen molar-refractivity contribution in [3.8, 4) is 0 Å². The van der Waals surface area contributed by atoms with Crippen LogP contribution >= 0.6 is 11.3 Å². The third-order valence-corrected chi connectivity index (χ3v) is 5.08. The lowest BCUT2D eigenvalue weighted by atomic mass is 10.1. The van der Waals surface area contributed by atoms with Gasteiger partial charge in [-0.25, -0.2) is 0 Å². The van der Waals surface area contributed by atoms with Crippen LogP contribution < -0.4 is 11.1 Å². The second kappa shape index (κ2) is 5.94. The van der Waals surface area contributed by atoms with Crippen molar-refractivity contribution in [1.82, 2.24) is 0 Å². The van der Waals surface area contributed by atoms with E-state index in [0.717, 1.165) is 35.4 Å². The molecular weight excluding hydrogens is 341 g/mol. The number of nitrogens with two attached hydrogens (primary N) is 1. The maximum atomic E-state index is 13.0. The fourth-order valence-electron chi connectivity index (χ4n) is 2.85. The first-order valence-electron chi connectivity index (χ1n) is 7.21. The number of thiophene rings is 1. The molecule has 8 heteroatoms. The molecule has 0 bridgehead atoms. The molecule has 0 aliphatic heterocycles. The van der Waals surface area contributed by atoms with Crippen molar-refractivity contribution < 1.29 is 22.8 Å². The number of amides is 2. The Morgan fingerprint density at radius 2 is 1.88 bits per heavy atom. The fraction of sp³-hybridized carbons (Fsp3) is 0.250. The molecule has 3 N–H and O–H groups in total. The minimum atomic E-state index is -4.64. The van der Waals surface area contributed by atoms with Gasteiger partial charge in [0.05, 0.1) is 16.7 Å². The van der Waals surface area contributed by atoms with Crippen molar-refractivity contribution in [3.63, 3.8) is 0 Å². The Balaban J connectivity index is 1.97. The Hall–Kier alpha value is -2.35. The average Bonchev–Trinajstić information content (AvgIpc) is 3.06. The van der Waals surface area contributed by atoms with Gasteiger partial charge in [0.15, 0.2) is 0 Å². The highest BCUT2D eigenvalue weighted by Gasteiger charge is 2.35. The molecule has 3 rings (SSSR count). The third-order valence-electron chi connectivity index (χ3n) is 3.87. The Kier molecular flexibility index (Phi) is 4.08. The summed E-state index contributed by atoms with van der Waals surface area (Å²) in [6.07, 6.45) is -2.29. The maximum Gasteiger partial charge on any atom is 0.417 e. The van der Waals surface area contributed by atoms with E-state index in [4.69, 9.17) is 5.73 Å². The van der Waals surface area contributed by atoms with Gasteiger partial charge < -0.3 is 11.1 Å². The van der Waals surface area contributed by atoms with Gasteiger partial charge in [0, 0.05) is 4.88 Å². The third kappa shape index (κ3) is 2.89. The summed E-state index contributed by atoms with van der Waals surface area (Å²) in [5.74, 6) is -1.60. The minimum Gasteiger partial charge on any atom is -0.365 e. The number of rotatable bonds is 3. The molecule has 2 amide bonds. The lowest BCUT2D eigenvalue weighted by Gasteiger charge is -2.12. The molecule has 0 fully saturated rings. The van der Waals surface area contributed by atoms with Gasteiger partial charge in [-0.2, -0.15) is 13.2 Å². The molecule has 1 aliphatic carbocycles. The van der Waals surface area contributed by atoms with Crippen LogP contribution in [0.2, 0.25) is 0 Å². The Morgan fingerprint density at radius 3 is 2.54 bits per heavy atom. The van der Waals surface area contributed by atoms with Gasteiger partial charge in [-0.15, -0.1) is 11.3 Å². The Bertz CT molecular complexity index is 827. The standard InChI is InChI=1S/C16H13F3N2O2S/c17-16(18,19)10-6-2-1-4-8(10)14(23)21-15-12(13(20)22)9-5-3-7-11(9)24-15/h1-2,4,6H,3,5,7H2,(H2,20,22)(H,21,23). The normalized spacial score (nSPS) is 13.6. The largest absolute Gasteiger partial charge is 0.417 e. The summed E-state index contributed by atoms with van der Waals surface area (Å²) in [6.45, 7) is 0. The number of primary amides is 1. The summed E-state index contributed by atoms with van der Waals surface area (Å²) in [4.78, 5) is 25.0. The summed E-state index contributed by atoms with van der Waals surface area (Å²) in [5, 5.41) is 2.65. The first-order valence-corrected chi connectivity index (χ1v) is 8.02. The smallest absolute Gasteiger partial charge is 0.365 e. The molecule has 0 unspecified atom stereocenters. The topological polar surface area (TPSA) is 72.2 Å². The summed E-state index contributed by atoms with van der Waals surface area (Å²) in [7, 11) is 0. The zero-order valence-corrected chi connectivity index (χ0v) is 13.2. The highest BCUT2D eigenvalue weighted by atomic mass is 32.1. The molecular formula is C16H13F3N2O2S. The van der Waals surface area contributed by atoms with Gasteiger partial charge in [-0.1, -0.05) is 12.1 Å². The number of anilines is 1. The van der Waals surface area contributed by atoms with Gasteiger partial charge in [-0.3, -0.25) is 9.59 Å². The summed E-state index contributed by atoms with van der Waals surface area (Å²) in [6, 6.07) is 4.52. The predicted molar refractivity (Wildman–Crippen MR) is 84.3 cm³/mol. The van der Waals surface area contributed by atoms with E-state index in [1.54, 1.807) is 0 Å². The SMILES string of the molecule is NC(=O)c1c(NC(=O)c2ccccc2C(F)(F)F)sc2c1CCC2. The van der Waals surface area contributed by atoms with Gasteiger partial charge in [0.1, 0.15) is 5.00 Å². The van der Waals surface area contributed by atoms with Crippen LogP contribution in [-0.4, -0.2) is 11.8 Å². The first-order chi connectivity index (χ1) is 11.3. The maximum absolute atomic E-state index is 13.0. The van der Waals surface area contributed by atoms with Gasteiger partial charge >= 0.3 is 6.18 Å². The molecule has 0 radical (unpaired) electrons. The molecule has 0 atom stereocenters. The molecule has 1 aromatic carbocycles. The zero-order valence-electron chi connectivity index (χ0n) is 12.4. The van der Waals surface area contributed by atoms with Crippen LogP contribution in [0, 0.1) is 0 Å². The number of nitrogens with one attached hydrogen (secondary N) is 1. The zero-order chi connectivity index (χ0) is 17.5. The Morgan fingerprint density at radius 1 is 1.17 bits per heavy atom. The Labute approximate surface area is 139 Å². The van der Waals surface area contributed by atoms with Crippen LogP contribution in [0.5, 0.6) is 0 Å². The molecule has 126 valence electrons. The van der Waals surface area contributed by atoms with Crippen molar-refractivity contribution in [2.75, 3.05) is 5.32 Å². The van der Waals surface area contributed by atoms with E-state index in [-0.39, 0.29) is 10.6 Å². The van der Waals surface area contributed by atoms with E-state index >= 15 is 0 Å². The number of fused-ring (bicyclic) bond motifs is 1. The summed E-state index contributed by atoms with van der Waals surface area (Å²) in [5.41, 5.74) is 4.88. The van der Waals surface area contributed by atoms with Crippen LogP contribution in [0.3, 0.4) is 0 Å². The molecule has 0 saturated heterocycles. The predicted octanol–water partition coefficient (Wildman–Crippen LogP) is 3.61. The molecule has 2 aromatic rings. The quantitative estimate of drug-likeness (QED) is 0.884. The van der Waals surface area contributed by atoms with Gasteiger partial charge in [0.2, 0.25) is 0 Å². The number of carbonyl (C=O) groups excluding carboxylic acids is 2. The summed E-state index contributed by atoms with van der Waals surface area (Å²) < 4.78 is 39.1. The van der Waals surface area contributed by atoms with E-state index < -0.39 is 29.1 Å². The van der Waals surface area contributed by atoms with Crippen LogP contribution in [0.4, 0.5) is 18.2 Å². The molecule has 1 aliphatic rings. The van der Waals surface area contributed by atoms with Crippen LogP contribution in [0.15, 0.2) is 24.3 Å². The average molecular weight is 354 g/mol. The molecule has 1 aromatic heterocycles. The number of benzene rings is 1. The van der Waals surface area contributed by atoms with E-state index in [1.807, 2.05) is 0 Å². The molecule has 4 nitrogen and oxygen atoms in total. The van der Waals surface area contributed by atoms with E-state index in [9.17, 15) is 22.8 Å². The molecule has 24 heavy (non-hydrogen) atoms. The van der Waals surface area contributed by atoms with E-state index in [1.165, 1.54) is 23.5 Å². The van der Waals surface area contributed by atoms with Crippen LogP contribution in [0.1, 0.15) is 43.1 Å². The second-order valence-electron chi connectivity index (χ2n) is 5.42. The van der Waals surface area contributed by atoms with Crippen molar-refractivity contribution in [1.29, 1.82) is 0 Å². The number of carbonyl (C=O) groups is 2. The highest BCUT2D eigenvalue weighted by Crippen LogP contribution is 2.39. The minimum absolute atomic E-state index is 0.213. The highest BCUT2D eigenvalue weighted by molar-refractivity contribution is 7.17. The monoisotopic (exact) mass is 354 g/mol. The van der Waals surface area contributed by atoms with Crippen molar-refractivity contribution in [3.05, 3.63) is 51.4 Å². The van der Waals surface area contributed by atoms with E-state index in [0.29, 0.717) is 6.42 Å². The molecule has 0 spiro atoms. The van der Waals surface area contributed by atoms with E-state index in [2.05, 4.69) is 5.32 Å².